The highest BCUT2D eigenvalue weighted by Crippen LogP contribution is 2.24. The van der Waals surface area contributed by atoms with Crippen molar-refractivity contribution in [3.8, 4) is 0 Å². The fourth-order valence-corrected chi connectivity index (χ4v) is 3.57. The molecule has 1 unspecified atom stereocenters. The predicted octanol–water partition coefficient (Wildman–Crippen LogP) is 2.08. The minimum Gasteiger partial charge on any atom is -0.481 e. The molecule has 0 radical (unpaired) electrons. The molecule has 0 saturated carbocycles. The van der Waals surface area contributed by atoms with Crippen molar-refractivity contribution in [3.63, 3.8) is 0 Å². The molecule has 0 rings (SSSR count). The maximum Gasteiger partial charge on any atom is 0.307 e. The lowest BCUT2D eigenvalue weighted by Crippen LogP contribution is -2.44. The summed E-state index contributed by atoms with van der Waals surface area (Å²) >= 11 is 0. The van der Waals surface area contributed by atoms with Crippen molar-refractivity contribution >= 4 is 16.2 Å². The molecule has 0 heterocycles. The van der Waals surface area contributed by atoms with Crippen LogP contribution in [0.15, 0.2) is 0 Å². The summed E-state index contributed by atoms with van der Waals surface area (Å²) in [6.07, 6.45) is 1.88. The van der Waals surface area contributed by atoms with Crippen molar-refractivity contribution in [2.45, 2.75) is 53.9 Å². The number of carboxylic acid groups (broad SMARTS) is 1. The average molecular weight is 322 g/mol. The van der Waals surface area contributed by atoms with Gasteiger partial charge in [0.25, 0.3) is 10.2 Å². The number of rotatable bonds is 10. The Kier molecular flexibility index (Phi) is 8.43. The van der Waals surface area contributed by atoms with Gasteiger partial charge in [-0.2, -0.15) is 12.7 Å². The van der Waals surface area contributed by atoms with E-state index in [1.54, 1.807) is 0 Å². The fraction of sp³-hybridized carbons (Fsp3) is 0.929. The van der Waals surface area contributed by atoms with Crippen molar-refractivity contribution in [1.29, 1.82) is 0 Å². The van der Waals surface area contributed by atoms with E-state index in [1.807, 2.05) is 34.6 Å². The van der Waals surface area contributed by atoms with E-state index < -0.39 is 22.1 Å². The highest BCUT2D eigenvalue weighted by atomic mass is 32.2. The minimum atomic E-state index is -3.61. The Morgan fingerprint density at radius 3 is 2.00 bits per heavy atom. The van der Waals surface area contributed by atoms with Gasteiger partial charge in [-0.05, 0) is 24.7 Å². The highest BCUT2D eigenvalue weighted by Gasteiger charge is 2.27. The van der Waals surface area contributed by atoms with E-state index in [4.69, 9.17) is 0 Å². The third kappa shape index (κ3) is 8.38. The van der Waals surface area contributed by atoms with Crippen LogP contribution in [0.2, 0.25) is 0 Å². The molecular formula is C14H30N2O4S. The molecule has 1 atom stereocenters. The van der Waals surface area contributed by atoms with Gasteiger partial charge in [-0.1, -0.05) is 34.6 Å². The summed E-state index contributed by atoms with van der Waals surface area (Å²) in [6, 6.07) is 0. The normalized spacial score (nSPS) is 14.4. The van der Waals surface area contributed by atoms with E-state index in [2.05, 4.69) is 4.72 Å². The molecule has 0 saturated heterocycles. The van der Waals surface area contributed by atoms with E-state index in [0.29, 0.717) is 19.5 Å². The van der Waals surface area contributed by atoms with E-state index >= 15 is 0 Å². The molecule has 0 aliphatic heterocycles. The summed E-state index contributed by atoms with van der Waals surface area (Å²) in [5.74, 6) is -1.69. The van der Waals surface area contributed by atoms with Gasteiger partial charge in [0, 0.05) is 19.6 Å². The van der Waals surface area contributed by atoms with E-state index in [-0.39, 0.29) is 12.0 Å². The topological polar surface area (TPSA) is 86.7 Å². The number of carboxylic acids is 1. The molecule has 0 aliphatic carbocycles. The number of hydrogen-bond donors (Lipinski definition) is 2. The van der Waals surface area contributed by atoms with Crippen molar-refractivity contribution < 1.29 is 18.3 Å². The summed E-state index contributed by atoms with van der Waals surface area (Å²) < 4.78 is 28.3. The first-order valence-corrected chi connectivity index (χ1v) is 8.95. The maximum absolute atomic E-state index is 12.2. The molecule has 0 aliphatic rings. The van der Waals surface area contributed by atoms with Crippen LogP contribution in [-0.2, 0) is 15.0 Å². The molecule has 21 heavy (non-hydrogen) atoms. The molecule has 126 valence electrons. The molecule has 0 fully saturated rings. The van der Waals surface area contributed by atoms with Gasteiger partial charge in [-0.15, -0.1) is 0 Å². The standard InChI is InChI=1S/C14H30N2O4S/c1-6-8-16(9-7-2)21(19,20)15-11-12(13(17)18)10-14(3,4)5/h12,15H,6-11H2,1-5H3,(H,17,18). The first-order valence-electron chi connectivity index (χ1n) is 7.51. The Hall–Kier alpha value is -0.660. The van der Waals surface area contributed by atoms with Gasteiger partial charge in [0.1, 0.15) is 0 Å². The molecular weight excluding hydrogens is 292 g/mol. The second kappa shape index (κ2) is 8.70. The van der Waals surface area contributed by atoms with Gasteiger partial charge >= 0.3 is 5.97 Å². The monoisotopic (exact) mass is 322 g/mol. The van der Waals surface area contributed by atoms with Crippen molar-refractivity contribution in [2.24, 2.45) is 11.3 Å². The number of nitrogens with zero attached hydrogens (tertiary/aromatic N) is 1. The number of aliphatic carboxylic acids is 1. The lowest BCUT2D eigenvalue weighted by molar-refractivity contribution is -0.142. The Bertz CT molecular complexity index is 409. The Morgan fingerprint density at radius 1 is 1.19 bits per heavy atom. The molecule has 0 aromatic rings. The lowest BCUT2D eigenvalue weighted by Gasteiger charge is -2.25. The van der Waals surface area contributed by atoms with Crippen LogP contribution in [0.25, 0.3) is 0 Å². The van der Waals surface area contributed by atoms with Crippen LogP contribution in [0.1, 0.15) is 53.9 Å². The number of nitrogens with one attached hydrogen (secondary N) is 1. The van der Waals surface area contributed by atoms with Crippen LogP contribution >= 0.6 is 0 Å². The Balaban J connectivity index is 4.79. The second-order valence-electron chi connectivity index (χ2n) is 6.55. The molecule has 2 N–H and O–H groups in total. The number of carbonyl (C=O) groups is 1. The smallest absolute Gasteiger partial charge is 0.307 e. The third-order valence-electron chi connectivity index (χ3n) is 3.01. The average Bonchev–Trinajstić information content (AvgIpc) is 2.32. The first-order chi connectivity index (χ1) is 9.53. The first kappa shape index (κ1) is 20.3. The summed E-state index contributed by atoms with van der Waals surface area (Å²) in [7, 11) is -3.61. The van der Waals surface area contributed by atoms with Gasteiger partial charge in [0.15, 0.2) is 0 Å². The third-order valence-corrected chi connectivity index (χ3v) is 4.58. The van der Waals surface area contributed by atoms with E-state index in [1.165, 1.54) is 4.31 Å². The van der Waals surface area contributed by atoms with Crippen LogP contribution in [0.4, 0.5) is 0 Å². The van der Waals surface area contributed by atoms with Gasteiger partial charge < -0.3 is 5.11 Å². The quantitative estimate of drug-likeness (QED) is 0.644. The van der Waals surface area contributed by atoms with Crippen LogP contribution in [0.5, 0.6) is 0 Å². The lowest BCUT2D eigenvalue weighted by atomic mass is 9.85. The largest absolute Gasteiger partial charge is 0.481 e. The van der Waals surface area contributed by atoms with Gasteiger partial charge in [0.2, 0.25) is 0 Å². The van der Waals surface area contributed by atoms with Crippen LogP contribution in [0.3, 0.4) is 0 Å². The maximum atomic E-state index is 12.2. The Labute approximate surface area is 129 Å². The number of hydrogen-bond acceptors (Lipinski definition) is 3. The van der Waals surface area contributed by atoms with Crippen molar-refractivity contribution in [2.75, 3.05) is 19.6 Å². The SMILES string of the molecule is CCCN(CCC)S(=O)(=O)NCC(CC(C)(C)C)C(=O)O. The second-order valence-corrected chi connectivity index (χ2v) is 8.31. The molecule has 7 heteroatoms. The highest BCUT2D eigenvalue weighted by molar-refractivity contribution is 7.87. The summed E-state index contributed by atoms with van der Waals surface area (Å²) in [4.78, 5) is 11.3. The summed E-state index contributed by atoms with van der Waals surface area (Å²) in [5.41, 5.74) is -0.166. The molecule has 0 aromatic heterocycles. The molecule has 0 spiro atoms. The van der Waals surface area contributed by atoms with E-state index in [0.717, 1.165) is 12.8 Å². The Morgan fingerprint density at radius 2 is 1.67 bits per heavy atom. The predicted molar refractivity (Wildman–Crippen MR) is 84.3 cm³/mol. The van der Waals surface area contributed by atoms with Crippen molar-refractivity contribution in [3.05, 3.63) is 0 Å². The summed E-state index contributed by atoms with van der Waals surface area (Å²) in [6.45, 7) is 10.5. The van der Waals surface area contributed by atoms with Crippen LogP contribution in [0, 0.1) is 11.3 Å². The van der Waals surface area contributed by atoms with Gasteiger partial charge in [-0.3, -0.25) is 4.79 Å². The molecule has 6 nitrogen and oxygen atoms in total. The summed E-state index contributed by atoms with van der Waals surface area (Å²) in [5, 5.41) is 9.23. The minimum absolute atomic E-state index is 0.0706. The molecule has 0 amide bonds. The fourth-order valence-electron chi connectivity index (χ4n) is 2.13. The van der Waals surface area contributed by atoms with Crippen molar-refractivity contribution in [1.82, 2.24) is 9.03 Å². The van der Waals surface area contributed by atoms with Crippen LogP contribution in [-0.4, -0.2) is 43.4 Å². The van der Waals surface area contributed by atoms with Gasteiger partial charge in [-0.25, -0.2) is 4.72 Å². The van der Waals surface area contributed by atoms with Gasteiger partial charge in [0.05, 0.1) is 5.92 Å². The van der Waals surface area contributed by atoms with Crippen LogP contribution < -0.4 is 4.72 Å². The van der Waals surface area contributed by atoms with E-state index in [9.17, 15) is 18.3 Å². The molecule has 0 bridgehead atoms. The molecule has 0 aromatic carbocycles. The zero-order valence-electron chi connectivity index (χ0n) is 13.8. The zero-order valence-corrected chi connectivity index (χ0v) is 14.7. The zero-order chi connectivity index (χ0) is 16.7.